The molecule has 1 N–H and O–H groups in total. The van der Waals surface area contributed by atoms with Gasteiger partial charge in [-0.05, 0) is 55.3 Å². The first kappa shape index (κ1) is 12.6. The van der Waals surface area contributed by atoms with Crippen molar-refractivity contribution in [2.24, 2.45) is 5.92 Å². The summed E-state index contributed by atoms with van der Waals surface area (Å²) in [4.78, 5) is 0. The molecule has 1 aromatic rings. The lowest BCUT2D eigenvalue weighted by Crippen LogP contribution is -2.40. The lowest BCUT2D eigenvalue weighted by Gasteiger charge is -2.36. The van der Waals surface area contributed by atoms with Gasteiger partial charge in [0.1, 0.15) is 5.82 Å². The molecular formula is C15H22FN. The van der Waals surface area contributed by atoms with Crippen LogP contribution in [0, 0.1) is 11.7 Å². The van der Waals surface area contributed by atoms with E-state index in [2.05, 4.69) is 19.2 Å². The van der Waals surface area contributed by atoms with Gasteiger partial charge in [0.05, 0.1) is 0 Å². The quantitative estimate of drug-likeness (QED) is 0.820. The normalized spacial score (nSPS) is 23.8. The summed E-state index contributed by atoms with van der Waals surface area (Å²) in [5.41, 5.74) is 1.16. The third-order valence-electron chi connectivity index (χ3n) is 3.61. The van der Waals surface area contributed by atoms with Crippen LogP contribution in [0.2, 0.25) is 0 Å². The number of hydrogen-bond acceptors (Lipinski definition) is 1. The summed E-state index contributed by atoms with van der Waals surface area (Å²) in [7, 11) is 0. The minimum absolute atomic E-state index is 0.112. The second-order valence-corrected chi connectivity index (χ2v) is 5.56. The Bertz CT molecular complexity index is 356. The molecule has 1 saturated carbocycles. The van der Waals surface area contributed by atoms with E-state index in [0.717, 1.165) is 30.9 Å². The van der Waals surface area contributed by atoms with Crippen LogP contribution in [0.25, 0.3) is 0 Å². The molecule has 0 radical (unpaired) electrons. The highest BCUT2D eigenvalue weighted by atomic mass is 19.1. The van der Waals surface area contributed by atoms with Gasteiger partial charge in [-0.2, -0.15) is 0 Å². The van der Waals surface area contributed by atoms with E-state index in [9.17, 15) is 4.39 Å². The number of rotatable bonds is 5. The van der Waals surface area contributed by atoms with Crippen LogP contribution in [-0.4, -0.2) is 12.6 Å². The number of benzene rings is 1. The highest BCUT2D eigenvalue weighted by Gasteiger charge is 2.29. The maximum Gasteiger partial charge on any atom is 0.123 e. The molecule has 0 aliphatic heterocycles. The zero-order valence-corrected chi connectivity index (χ0v) is 10.7. The SMILES string of the molecule is CC(C)CCNC1CC(c2cccc(F)c2)C1. The Morgan fingerprint density at radius 2 is 2.12 bits per heavy atom. The fourth-order valence-electron chi connectivity index (χ4n) is 2.39. The summed E-state index contributed by atoms with van der Waals surface area (Å²) in [6, 6.07) is 7.68. The second kappa shape index (κ2) is 5.63. The second-order valence-electron chi connectivity index (χ2n) is 5.56. The minimum Gasteiger partial charge on any atom is -0.314 e. The molecule has 0 heterocycles. The van der Waals surface area contributed by atoms with Gasteiger partial charge >= 0.3 is 0 Å². The van der Waals surface area contributed by atoms with Crippen LogP contribution in [0.1, 0.15) is 44.6 Å². The van der Waals surface area contributed by atoms with E-state index in [4.69, 9.17) is 0 Å². The van der Waals surface area contributed by atoms with Crippen LogP contribution in [0.15, 0.2) is 24.3 Å². The number of hydrogen-bond donors (Lipinski definition) is 1. The number of halogens is 1. The topological polar surface area (TPSA) is 12.0 Å². The molecule has 2 rings (SSSR count). The van der Waals surface area contributed by atoms with E-state index < -0.39 is 0 Å². The van der Waals surface area contributed by atoms with Crippen molar-refractivity contribution in [3.8, 4) is 0 Å². The molecule has 0 atom stereocenters. The van der Waals surface area contributed by atoms with Crippen molar-refractivity contribution in [1.82, 2.24) is 5.32 Å². The molecule has 1 nitrogen and oxygen atoms in total. The first-order valence-corrected chi connectivity index (χ1v) is 6.64. The molecule has 1 aliphatic rings. The van der Waals surface area contributed by atoms with Crippen molar-refractivity contribution < 1.29 is 4.39 Å². The molecule has 1 aliphatic carbocycles. The highest BCUT2D eigenvalue weighted by Crippen LogP contribution is 2.36. The maximum absolute atomic E-state index is 13.1. The first-order chi connectivity index (χ1) is 8.15. The van der Waals surface area contributed by atoms with E-state index in [1.807, 2.05) is 12.1 Å². The van der Waals surface area contributed by atoms with Gasteiger partial charge in [0.2, 0.25) is 0 Å². The summed E-state index contributed by atoms with van der Waals surface area (Å²) >= 11 is 0. The molecule has 94 valence electrons. The zero-order chi connectivity index (χ0) is 12.3. The fourth-order valence-corrected chi connectivity index (χ4v) is 2.39. The Labute approximate surface area is 103 Å². The van der Waals surface area contributed by atoms with Crippen LogP contribution in [0.5, 0.6) is 0 Å². The van der Waals surface area contributed by atoms with E-state index in [0.29, 0.717) is 12.0 Å². The molecule has 0 spiro atoms. The van der Waals surface area contributed by atoms with Crippen LogP contribution in [0.4, 0.5) is 4.39 Å². The Morgan fingerprint density at radius 3 is 2.76 bits per heavy atom. The third-order valence-corrected chi connectivity index (χ3v) is 3.61. The molecule has 1 aromatic carbocycles. The standard InChI is InChI=1S/C15H22FN/c1-11(2)6-7-17-15-9-13(10-15)12-4-3-5-14(16)8-12/h3-5,8,11,13,15,17H,6-7,9-10H2,1-2H3. The highest BCUT2D eigenvalue weighted by molar-refractivity contribution is 5.23. The minimum atomic E-state index is -0.112. The molecule has 0 saturated heterocycles. The zero-order valence-electron chi connectivity index (χ0n) is 10.7. The van der Waals surface area contributed by atoms with E-state index in [1.165, 1.54) is 12.5 Å². The van der Waals surface area contributed by atoms with Gasteiger partial charge < -0.3 is 5.32 Å². The molecule has 1 fully saturated rings. The fraction of sp³-hybridized carbons (Fsp3) is 0.600. The molecular weight excluding hydrogens is 213 g/mol. The average Bonchev–Trinajstić information content (AvgIpc) is 2.21. The van der Waals surface area contributed by atoms with Gasteiger partial charge in [0.25, 0.3) is 0 Å². The Kier molecular flexibility index (Phi) is 4.16. The number of nitrogens with one attached hydrogen (secondary N) is 1. The van der Waals surface area contributed by atoms with Gasteiger partial charge in [0, 0.05) is 6.04 Å². The predicted molar refractivity (Wildman–Crippen MR) is 69.6 cm³/mol. The summed E-state index contributed by atoms with van der Waals surface area (Å²) < 4.78 is 13.1. The van der Waals surface area contributed by atoms with Crippen LogP contribution in [0.3, 0.4) is 0 Å². The van der Waals surface area contributed by atoms with Crippen LogP contribution >= 0.6 is 0 Å². The summed E-state index contributed by atoms with van der Waals surface area (Å²) in [5, 5.41) is 3.57. The van der Waals surface area contributed by atoms with Gasteiger partial charge in [-0.25, -0.2) is 4.39 Å². The van der Waals surface area contributed by atoms with Gasteiger partial charge in [-0.3, -0.25) is 0 Å². The summed E-state index contributed by atoms with van der Waals surface area (Å²) in [5.74, 6) is 1.21. The van der Waals surface area contributed by atoms with Crippen molar-refractivity contribution in [2.75, 3.05) is 6.54 Å². The third kappa shape index (κ3) is 3.53. The van der Waals surface area contributed by atoms with Gasteiger partial charge in [-0.15, -0.1) is 0 Å². The smallest absolute Gasteiger partial charge is 0.123 e. The van der Waals surface area contributed by atoms with Crippen molar-refractivity contribution >= 4 is 0 Å². The Morgan fingerprint density at radius 1 is 1.35 bits per heavy atom. The lowest BCUT2D eigenvalue weighted by molar-refractivity contribution is 0.286. The Balaban J connectivity index is 1.72. The maximum atomic E-state index is 13.1. The lowest BCUT2D eigenvalue weighted by atomic mass is 9.76. The van der Waals surface area contributed by atoms with Gasteiger partial charge in [0.15, 0.2) is 0 Å². The first-order valence-electron chi connectivity index (χ1n) is 6.64. The van der Waals surface area contributed by atoms with Crippen molar-refractivity contribution in [1.29, 1.82) is 0 Å². The molecule has 0 unspecified atom stereocenters. The largest absolute Gasteiger partial charge is 0.314 e. The summed E-state index contributed by atoms with van der Waals surface area (Å²) in [6.07, 6.45) is 3.55. The Hall–Kier alpha value is -0.890. The van der Waals surface area contributed by atoms with E-state index in [-0.39, 0.29) is 5.82 Å². The average molecular weight is 235 g/mol. The monoisotopic (exact) mass is 235 g/mol. The van der Waals surface area contributed by atoms with Crippen molar-refractivity contribution in [3.63, 3.8) is 0 Å². The molecule has 0 amide bonds. The van der Waals surface area contributed by atoms with Crippen molar-refractivity contribution in [2.45, 2.75) is 45.1 Å². The van der Waals surface area contributed by atoms with Gasteiger partial charge in [-0.1, -0.05) is 26.0 Å². The molecule has 2 heteroatoms. The van der Waals surface area contributed by atoms with E-state index in [1.54, 1.807) is 6.07 Å². The van der Waals surface area contributed by atoms with Crippen LogP contribution in [-0.2, 0) is 0 Å². The molecule has 0 aromatic heterocycles. The van der Waals surface area contributed by atoms with Crippen molar-refractivity contribution in [3.05, 3.63) is 35.6 Å². The predicted octanol–water partition coefficient (Wildman–Crippen LogP) is 3.71. The molecule has 0 bridgehead atoms. The van der Waals surface area contributed by atoms with Crippen LogP contribution < -0.4 is 5.32 Å². The summed E-state index contributed by atoms with van der Waals surface area (Å²) in [6.45, 7) is 5.61. The molecule has 17 heavy (non-hydrogen) atoms. The van der Waals surface area contributed by atoms with E-state index >= 15 is 0 Å².